The highest BCUT2D eigenvalue weighted by Gasteiger charge is 2.13. The van der Waals surface area contributed by atoms with Crippen molar-refractivity contribution in [2.24, 2.45) is 0 Å². The van der Waals surface area contributed by atoms with Crippen LogP contribution in [-0.2, 0) is 6.42 Å². The molecule has 0 fully saturated rings. The fourth-order valence-electron chi connectivity index (χ4n) is 2.24. The second-order valence-corrected chi connectivity index (χ2v) is 4.97. The van der Waals surface area contributed by atoms with Gasteiger partial charge in [-0.25, -0.2) is 8.78 Å². The smallest absolute Gasteiger partial charge is 0.159 e. The summed E-state index contributed by atoms with van der Waals surface area (Å²) >= 11 is 0. The van der Waals surface area contributed by atoms with Crippen LogP contribution in [-0.4, -0.2) is 6.54 Å². The lowest BCUT2D eigenvalue weighted by atomic mass is 9.98. The third-order valence-corrected chi connectivity index (χ3v) is 3.36. The van der Waals surface area contributed by atoms with Gasteiger partial charge in [0.25, 0.3) is 0 Å². The second-order valence-electron chi connectivity index (χ2n) is 4.97. The Morgan fingerprint density at radius 3 is 2.30 bits per heavy atom. The molecule has 0 heterocycles. The van der Waals surface area contributed by atoms with Crippen molar-refractivity contribution in [3.8, 4) is 0 Å². The van der Waals surface area contributed by atoms with Crippen molar-refractivity contribution in [3.63, 3.8) is 0 Å². The zero-order valence-corrected chi connectivity index (χ0v) is 11.8. The minimum absolute atomic E-state index is 0.0159. The molecule has 0 aliphatic heterocycles. The van der Waals surface area contributed by atoms with Gasteiger partial charge in [-0.2, -0.15) is 0 Å². The Hall–Kier alpha value is -1.74. The molecule has 106 valence electrons. The Labute approximate surface area is 118 Å². The molecule has 0 aliphatic carbocycles. The summed E-state index contributed by atoms with van der Waals surface area (Å²) < 4.78 is 26.4. The van der Waals surface area contributed by atoms with E-state index in [9.17, 15) is 8.78 Å². The van der Waals surface area contributed by atoms with E-state index in [1.54, 1.807) is 6.07 Å². The molecule has 2 aromatic carbocycles. The summed E-state index contributed by atoms with van der Waals surface area (Å²) in [7, 11) is 0. The van der Waals surface area contributed by atoms with Crippen LogP contribution in [0.15, 0.2) is 42.5 Å². The Balaban J connectivity index is 2.21. The molecule has 3 heteroatoms. The number of hydrogen-bond acceptors (Lipinski definition) is 1. The van der Waals surface area contributed by atoms with Gasteiger partial charge in [0.05, 0.1) is 0 Å². The summed E-state index contributed by atoms with van der Waals surface area (Å²) in [4.78, 5) is 0. The van der Waals surface area contributed by atoms with E-state index in [1.807, 2.05) is 13.8 Å². The van der Waals surface area contributed by atoms with Crippen molar-refractivity contribution in [2.45, 2.75) is 26.3 Å². The SMILES string of the molecule is CCNC(Cc1ccc(C)cc1)c1ccc(F)c(F)c1. The highest BCUT2D eigenvalue weighted by atomic mass is 19.2. The van der Waals surface area contributed by atoms with Crippen LogP contribution in [0, 0.1) is 18.6 Å². The van der Waals surface area contributed by atoms with Crippen LogP contribution in [0.5, 0.6) is 0 Å². The molecule has 1 atom stereocenters. The van der Waals surface area contributed by atoms with Crippen molar-refractivity contribution in [1.29, 1.82) is 0 Å². The number of benzene rings is 2. The quantitative estimate of drug-likeness (QED) is 0.863. The van der Waals surface area contributed by atoms with Crippen LogP contribution >= 0.6 is 0 Å². The number of aryl methyl sites for hydroxylation is 1. The molecule has 1 nitrogen and oxygen atoms in total. The Bertz CT molecular complexity index is 564. The molecule has 0 saturated carbocycles. The molecule has 1 unspecified atom stereocenters. The number of rotatable bonds is 5. The highest BCUT2D eigenvalue weighted by Crippen LogP contribution is 2.21. The van der Waals surface area contributed by atoms with Gasteiger partial charge >= 0.3 is 0 Å². The molecule has 0 aromatic heterocycles. The van der Waals surface area contributed by atoms with E-state index in [-0.39, 0.29) is 6.04 Å². The summed E-state index contributed by atoms with van der Waals surface area (Å²) in [5.74, 6) is -1.60. The molecule has 20 heavy (non-hydrogen) atoms. The topological polar surface area (TPSA) is 12.0 Å². The van der Waals surface area contributed by atoms with Crippen molar-refractivity contribution in [1.82, 2.24) is 5.32 Å². The van der Waals surface area contributed by atoms with Gasteiger partial charge < -0.3 is 5.32 Å². The molecule has 0 radical (unpaired) electrons. The molecular formula is C17H19F2N. The molecule has 2 rings (SSSR count). The third-order valence-electron chi connectivity index (χ3n) is 3.36. The summed E-state index contributed by atoms with van der Waals surface area (Å²) in [6.45, 7) is 4.82. The standard InChI is InChI=1S/C17H19F2N/c1-3-20-17(10-13-6-4-12(2)5-7-13)14-8-9-15(18)16(19)11-14/h4-9,11,17,20H,3,10H2,1-2H3. The van der Waals surface area contributed by atoms with Gasteiger partial charge in [-0.05, 0) is 43.1 Å². The van der Waals surface area contributed by atoms with Gasteiger partial charge in [0.15, 0.2) is 11.6 Å². The first kappa shape index (κ1) is 14.7. The van der Waals surface area contributed by atoms with Gasteiger partial charge in [-0.15, -0.1) is 0 Å². The zero-order chi connectivity index (χ0) is 14.5. The molecule has 0 saturated heterocycles. The summed E-state index contributed by atoms with van der Waals surface area (Å²) in [5.41, 5.74) is 3.15. The van der Waals surface area contributed by atoms with Crippen molar-refractivity contribution < 1.29 is 8.78 Å². The second kappa shape index (κ2) is 6.62. The molecule has 0 amide bonds. The van der Waals surface area contributed by atoms with E-state index in [4.69, 9.17) is 0 Å². The van der Waals surface area contributed by atoms with Crippen LogP contribution in [0.25, 0.3) is 0 Å². The number of halogens is 2. The van der Waals surface area contributed by atoms with E-state index in [2.05, 4.69) is 29.6 Å². The minimum atomic E-state index is -0.806. The first-order valence-electron chi connectivity index (χ1n) is 6.84. The Morgan fingerprint density at radius 1 is 1.00 bits per heavy atom. The summed E-state index contributed by atoms with van der Waals surface area (Å²) in [6.07, 6.45) is 0.749. The predicted octanol–water partition coefficient (Wildman–Crippen LogP) is 4.17. The van der Waals surface area contributed by atoms with Gasteiger partial charge in [-0.1, -0.05) is 42.8 Å². The van der Waals surface area contributed by atoms with E-state index in [1.165, 1.54) is 23.3 Å². The van der Waals surface area contributed by atoms with E-state index >= 15 is 0 Å². The maximum atomic E-state index is 13.4. The summed E-state index contributed by atoms with van der Waals surface area (Å²) in [6, 6.07) is 12.3. The van der Waals surface area contributed by atoms with E-state index < -0.39 is 11.6 Å². The van der Waals surface area contributed by atoms with Crippen LogP contribution in [0.2, 0.25) is 0 Å². The lowest BCUT2D eigenvalue weighted by Gasteiger charge is -2.19. The molecule has 0 spiro atoms. The zero-order valence-electron chi connectivity index (χ0n) is 11.8. The average Bonchev–Trinajstić information content (AvgIpc) is 2.44. The van der Waals surface area contributed by atoms with Crippen molar-refractivity contribution in [2.75, 3.05) is 6.54 Å². The maximum Gasteiger partial charge on any atom is 0.159 e. The fourth-order valence-corrected chi connectivity index (χ4v) is 2.24. The van der Waals surface area contributed by atoms with Crippen LogP contribution in [0.3, 0.4) is 0 Å². The minimum Gasteiger partial charge on any atom is -0.310 e. The number of hydrogen-bond donors (Lipinski definition) is 1. The maximum absolute atomic E-state index is 13.4. The summed E-state index contributed by atoms with van der Waals surface area (Å²) in [5, 5.41) is 3.32. The number of likely N-dealkylation sites (N-methyl/N-ethyl adjacent to an activating group) is 1. The molecule has 0 aliphatic rings. The van der Waals surface area contributed by atoms with Crippen LogP contribution in [0.4, 0.5) is 8.78 Å². The third kappa shape index (κ3) is 3.64. The monoisotopic (exact) mass is 275 g/mol. The molecular weight excluding hydrogens is 256 g/mol. The van der Waals surface area contributed by atoms with Gasteiger partial charge in [0.1, 0.15) is 0 Å². The fraction of sp³-hybridized carbons (Fsp3) is 0.294. The Morgan fingerprint density at radius 2 is 1.70 bits per heavy atom. The van der Waals surface area contributed by atoms with Crippen molar-refractivity contribution >= 4 is 0 Å². The van der Waals surface area contributed by atoms with Gasteiger partial charge in [-0.3, -0.25) is 0 Å². The molecule has 0 bridgehead atoms. The molecule has 1 N–H and O–H groups in total. The largest absolute Gasteiger partial charge is 0.310 e. The Kier molecular flexibility index (Phi) is 4.85. The first-order valence-corrected chi connectivity index (χ1v) is 6.84. The lowest BCUT2D eigenvalue weighted by Crippen LogP contribution is -2.23. The van der Waals surface area contributed by atoms with E-state index in [0.29, 0.717) is 0 Å². The normalized spacial score (nSPS) is 12.4. The number of nitrogens with one attached hydrogen (secondary N) is 1. The predicted molar refractivity (Wildman–Crippen MR) is 77.7 cm³/mol. The lowest BCUT2D eigenvalue weighted by molar-refractivity contribution is 0.497. The van der Waals surface area contributed by atoms with E-state index in [0.717, 1.165) is 18.5 Å². The average molecular weight is 275 g/mol. The molecule has 2 aromatic rings. The van der Waals surface area contributed by atoms with Crippen molar-refractivity contribution in [3.05, 3.63) is 70.8 Å². The highest BCUT2D eigenvalue weighted by molar-refractivity contribution is 5.26. The van der Waals surface area contributed by atoms with Crippen LogP contribution < -0.4 is 5.32 Å². The van der Waals surface area contributed by atoms with Crippen LogP contribution in [0.1, 0.15) is 29.7 Å². The van der Waals surface area contributed by atoms with Gasteiger partial charge in [0.2, 0.25) is 0 Å². The first-order chi connectivity index (χ1) is 9.60. The van der Waals surface area contributed by atoms with Gasteiger partial charge in [0, 0.05) is 6.04 Å².